The average molecular weight is 368 g/mol. The third-order valence-electron chi connectivity index (χ3n) is 3.09. The molecule has 0 radical (unpaired) electrons. The van der Waals surface area contributed by atoms with Crippen LogP contribution >= 0.6 is 15.9 Å². The standard InChI is InChI=1S/C14H18BrN5O2/c1-4-6-10(2)16-22-9-11-12(15)7-5-8-13(11)20-14(21)19(3)17-18-20/h5,7-8H,4,6,9H2,1-3H3. The van der Waals surface area contributed by atoms with Crippen LogP contribution in [0.3, 0.4) is 0 Å². The second-order valence-electron chi connectivity index (χ2n) is 4.88. The third-order valence-corrected chi connectivity index (χ3v) is 3.83. The van der Waals surface area contributed by atoms with Crippen LogP contribution in [0.2, 0.25) is 0 Å². The van der Waals surface area contributed by atoms with Gasteiger partial charge in [0.05, 0.1) is 11.4 Å². The first-order valence-corrected chi connectivity index (χ1v) is 7.76. The van der Waals surface area contributed by atoms with E-state index in [1.54, 1.807) is 13.1 Å². The van der Waals surface area contributed by atoms with Crippen molar-refractivity contribution in [3.05, 3.63) is 38.7 Å². The Morgan fingerprint density at radius 3 is 2.82 bits per heavy atom. The Balaban J connectivity index is 2.30. The lowest BCUT2D eigenvalue weighted by Crippen LogP contribution is -2.23. The summed E-state index contributed by atoms with van der Waals surface area (Å²) in [5.74, 6) is 0. The molecule has 0 aliphatic rings. The van der Waals surface area contributed by atoms with Crippen LogP contribution < -0.4 is 5.69 Å². The van der Waals surface area contributed by atoms with E-state index in [4.69, 9.17) is 4.84 Å². The number of halogens is 1. The zero-order chi connectivity index (χ0) is 16.1. The first kappa shape index (κ1) is 16.4. The molecule has 0 saturated carbocycles. The van der Waals surface area contributed by atoms with Gasteiger partial charge in [0.15, 0.2) is 0 Å². The summed E-state index contributed by atoms with van der Waals surface area (Å²) in [6.07, 6.45) is 1.92. The van der Waals surface area contributed by atoms with Crippen molar-refractivity contribution in [1.82, 2.24) is 19.8 Å². The largest absolute Gasteiger partial charge is 0.391 e. The molecule has 0 aliphatic carbocycles. The molecule has 1 aromatic carbocycles. The van der Waals surface area contributed by atoms with Gasteiger partial charge in [-0.15, -0.1) is 0 Å². The van der Waals surface area contributed by atoms with Gasteiger partial charge in [-0.3, -0.25) is 0 Å². The Hall–Kier alpha value is -1.96. The maximum Gasteiger partial charge on any atom is 0.368 e. The highest BCUT2D eigenvalue weighted by molar-refractivity contribution is 9.10. The molecule has 1 aromatic heterocycles. The van der Waals surface area contributed by atoms with Crippen molar-refractivity contribution in [1.29, 1.82) is 0 Å². The molecular formula is C14H18BrN5O2. The first-order chi connectivity index (χ1) is 10.5. The summed E-state index contributed by atoms with van der Waals surface area (Å²) in [6.45, 7) is 4.25. The van der Waals surface area contributed by atoms with Crippen molar-refractivity contribution in [2.24, 2.45) is 12.2 Å². The minimum Gasteiger partial charge on any atom is -0.391 e. The van der Waals surface area contributed by atoms with Crippen molar-refractivity contribution in [2.45, 2.75) is 33.3 Å². The van der Waals surface area contributed by atoms with Crippen LogP contribution in [0.15, 0.2) is 32.6 Å². The van der Waals surface area contributed by atoms with Gasteiger partial charge in [0.2, 0.25) is 0 Å². The highest BCUT2D eigenvalue weighted by atomic mass is 79.9. The van der Waals surface area contributed by atoms with Crippen molar-refractivity contribution < 1.29 is 4.84 Å². The third kappa shape index (κ3) is 3.62. The summed E-state index contributed by atoms with van der Waals surface area (Å²) in [4.78, 5) is 17.4. The average Bonchev–Trinajstić information content (AvgIpc) is 2.81. The van der Waals surface area contributed by atoms with E-state index in [0.29, 0.717) is 5.69 Å². The fourth-order valence-corrected chi connectivity index (χ4v) is 2.44. The van der Waals surface area contributed by atoms with E-state index in [2.05, 4.69) is 38.4 Å². The lowest BCUT2D eigenvalue weighted by molar-refractivity contribution is 0.129. The molecule has 0 N–H and O–H groups in total. The molecule has 0 unspecified atom stereocenters. The Labute approximate surface area is 136 Å². The van der Waals surface area contributed by atoms with Crippen LogP contribution in [0.4, 0.5) is 0 Å². The van der Waals surface area contributed by atoms with E-state index in [9.17, 15) is 4.79 Å². The topological polar surface area (TPSA) is 74.3 Å². The Morgan fingerprint density at radius 2 is 2.18 bits per heavy atom. The van der Waals surface area contributed by atoms with E-state index in [1.807, 2.05) is 19.1 Å². The summed E-state index contributed by atoms with van der Waals surface area (Å²) in [5.41, 5.74) is 2.03. The molecule has 0 saturated heterocycles. The van der Waals surface area contributed by atoms with E-state index in [1.165, 1.54) is 9.36 Å². The first-order valence-electron chi connectivity index (χ1n) is 6.96. The molecular weight excluding hydrogens is 350 g/mol. The number of aromatic nitrogens is 4. The lowest BCUT2D eigenvalue weighted by Gasteiger charge is -2.09. The number of oxime groups is 1. The normalized spacial score (nSPS) is 11.7. The van der Waals surface area contributed by atoms with Gasteiger partial charge in [-0.1, -0.05) is 40.5 Å². The molecule has 0 atom stereocenters. The van der Waals surface area contributed by atoms with Gasteiger partial charge in [-0.2, -0.15) is 9.36 Å². The number of hydrogen-bond donors (Lipinski definition) is 0. The predicted molar refractivity (Wildman–Crippen MR) is 87.1 cm³/mol. The SMILES string of the molecule is CCCC(C)=NOCc1c(Br)cccc1-n1nnn(C)c1=O. The molecule has 1 heterocycles. The zero-order valence-corrected chi connectivity index (χ0v) is 14.4. The van der Waals surface area contributed by atoms with E-state index < -0.39 is 0 Å². The number of nitrogens with zero attached hydrogens (tertiary/aromatic N) is 5. The van der Waals surface area contributed by atoms with Crippen molar-refractivity contribution >= 4 is 21.6 Å². The summed E-state index contributed by atoms with van der Waals surface area (Å²) < 4.78 is 3.24. The molecule has 0 fully saturated rings. The van der Waals surface area contributed by atoms with Gasteiger partial charge >= 0.3 is 5.69 Å². The molecule has 0 bridgehead atoms. The van der Waals surface area contributed by atoms with Crippen LogP contribution in [-0.2, 0) is 18.5 Å². The van der Waals surface area contributed by atoms with Crippen LogP contribution in [0.5, 0.6) is 0 Å². The maximum atomic E-state index is 12.0. The Kier molecular flexibility index (Phi) is 5.48. The van der Waals surface area contributed by atoms with Crippen LogP contribution in [-0.4, -0.2) is 25.5 Å². The monoisotopic (exact) mass is 367 g/mol. The summed E-state index contributed by atoms with van der Waals surface area (Å²) in [5, 5.41) is 11.7. The Bertz CT molecular complexity index is 735. The molecule has 7 nitrogen and oxygen atoms in total. The molecule has 2 aromatic rings. The number of benzene rings is 1. The van der Waals surface area contributed by atoms with E-state index in [-0.39, 0.29) is 12.3 Å². The highest BCUT2D eigenvalue weighted by Crippen LogP contribution is 2.23. The maximum absolute atomic E-state index is 12.0. The minimum absolute atomic E-state index is 0.237. The fourth-order valence-electron chi connectivity index (χ4n) is 1.97. The summed E-state index contributed by atoms with van der Waals surface area (Å²) in [6, 6.07) is 5.50. The number of hydrogen-bond acceptors (Lipinski definition) is 5. The number of tetrazole rings is 1. The summed E-state index contributed by atoms with van der Waals surface area (Å²) >= 11 is 3.47. The summed E-state index contributed by atoms with van der Waals surface area (Å²) in [7, 11) is 1.55. The van der Waals surface area contributed by atoms with Gasteiger partial charge in [-0.25, -0.2) is 4.79 Å². The van der Waals surface area contributed by atoms with Crippen LogP contribution in [0.25, 0.3) is 5.69 Å². The van der Waals surface area contributed by atoms with Crippen molar-refractivity contribution in [3.63, 3.8) is 0 Å². The molecule has 0 amide bonds. The minimum atomic E-state index is -0.315. The van der Waals surface area contributed by atoms with Gasteiger partial charge in [0.25, 0.3) is 0 Å². The number of aryl methyl sites for hydroxylation is 1. The van der Waals surface area contributed by atoms with Crippen LogP contribution in [0, 0.1) is 0 Å². The van der Waals surface area contributed by atoms with Gasteiger partial charge in [0, 0.05) is 17.1 Å². The smallest absolute Gasteiger partial charge is 0.368 e. The molecule has 2 rings (SSSR count). The van der Waals surface area contributed by atoms with Crippen molar-refractivity contribution in [3.8, 4) is 5.69 Å². The number of rotatable bonds is 6. The zero-order valence-electron chi connectivity index (χ0n) is 12.8. The molecule has 8 heteroatoms. The molecule has 22 heavy (non-hydrogen) atoms. The Morgan fingerprint density at radius 1 is 1.41 bits per heavy atom. The van der Waals surface area contributed by atoms with Crippen molar-refractivity contribution in [2.75, 3.05) is 0 Å². The molecule has 118 valence electrons. The van der Waals surface area contributed by atoms with Gasteiger partial charge in [-0.05, 0) is 35.9 Å². The quantitative estimate of drug-likeness (QED) is 0.580. The molecule has 0 aliphatic heterocycles. The second kappa shape index (κ2) is 7.35. The van der Waals surface area contributed by atoms with Gasteiger partial charge in [0.1, 0.15) is 6.61 Å². The van der Waals surface area contributed by atoms with Crippen LogP contribution in [0.1, 0.15) is 32.3 Å². The fraction of sp³-hybridized carbons (Fsp3) is 0.429. The highest BCUT2D eigenvalue weighted by Gasteiger charge is 2.14. The molecule has 0 spiro atoms. The lowest BCUT2D eigenvalue weighted by atomic mass is 10.2. The predicted octanol–water partition coefficient (Wildman–Crippen LogP) is 2.42. The van der Waals surface area contributed by atoms with Gasteiger partial charge < -0.3 is 4.84 Å². The van der Waals surface area contributed by atoms with E-state index in [0.717, 1.165) is 28.6 Å². The van der Waals surface area contributed by atoms with E-state index >= 15 is 0 Å². The second-order valence-corrected chi connectivity index (χ2v) is 5.74.